The van der Waals surface area contributed by atoms with E-state index in [0.29, 0.717) is 13.2 Å². The Hall–Kier alpha value is -0.740. The molecule has 0 radical (unpaired) electrons. The van der Waals surface area contributed by atoms with Gasteiger partial charge in [-0.3, -0.25) is 9.59 Å². The molecule has 0 heterocycles. The van der Waals surface area contributed by atoms with Crippen molar-refractivity contribution in [3.05, 3.63) is 0 Å². The van der Waals surface area contributed by atoms with Crippen molar-refractivity contribution < 1.29 is 19.1 Å². The summed E-state index contributed by atoms with van der Waals surface area (Å²) < 4.78 is 10.3. The van der Waals surface area contributed by atoms with E-state index < -0.39 is 0 Å². The molecular weight excluding hydrogens is 208 g/mol. The van der Waals surface area contributed by atoms with Crippen LogP contribution in [0, 0.1) is 0 Å². The number of ether oxygens (including phenoxy) is 2. The van der Waals surface area contributed by atoms with Gasteiger partial charge in [0.1, 0.15) is 13.2 Å². The third-order valence-electron chi connectivity index (χ3n) is 1.94. The van der Waals surface area contributed by atoms with Crippen LogP contribution in [0.15, 0.2) is 0 Å². The summed E-state index contributed by atoms with van der Waals surface area (Å²) in [6.45, 7) is 4.78. The van der Waals surface area contributed by atoms with Crippen LogP contribution in [0.3, 0.4) is 0 Å². The van der Waals surface area contributed by atoms with Gasteiger partial charge in [0.25, 0.3) is 0 Å². The zero-order valence-electron chi connectivity index (χ0n) is 10.3. The molecule has 0 saturated heterocycles. The average Bonchev–Trinajstić information content (AvgIpc) is 2.20. The number of Topliss-reactive ketones (excluding diaryl/α,β-unsaturated/α-hetero) is 2. The van der Waals surface area contributed by atoms with Gasteiger partial charge in [0.05, 0.1) is 0 Å². The van der Waals surface area contributed by atoms with Gasteiger partial charge in [-0.2, -0.15) is 0 Å². The molecule has 0 amide bonds. The number of unbranched alkanes of at least 4 members (excludes halogenated alkanes) is 3. The van der Waals surface area contributed by atoms with Crippen molar-refractivity contribution in [1.82, 2.24) is 0 Å². The maximum absolute atomic E-state index is 10.5. The second-order valence-corrected chi connectivity index (χ2v) is 3.92. The molecule has 0 rings (SSSR count). The quantitative estimate of drug-likeness (QED) is 0.507. The molecule has 4 heteroatoms. The Labute approximate surface area is 97.3 Å². The fourth-order valence-corrected chi connectivity index (χ4v) is 1.19. The molecule has 0 aliphatic carbocycles. The average molecular weight is 230 g/mol. The Kier molecular flexibility index (Phi) is 10.3. The minimum absolute atomic E-state index is 0.0673. The van der Waals surface area contributed by atoms with Gasteiger partial charge in [0, 0.05) is 13.2 Å². The maximum Gasteiger partial charge on any atom is 0.155 e. The highest BCUT2D eigenvalue weighted by Crippen LogP contribution is 2.00. The van der Waals surface area contributed by atoms with Gasteiger partial charge in [0.15, 0.2) is 11.6 Å². The maximum atomic E-state index is 10.5. The molecule has 0 atom stereocenters. The van der Waals surface area contributed by atoms with Crippen LogP contribution in [-0.2, 0) is 19.1 Å². The van der Waals surface area contributed by atoms with Gasteiger partial charge >= 0.3 is 0 Å². The predicted molar refractivity (Wildman–Crippen MR) is 61.5 cm³/mol. The zero-order chi connectivity index (χ0) is 12.2. The topological polar surface area (TPSA) is 52.6 Å². The summed E-state index contributed by atoms with van der Waals surface area (Å²) in [4.78, 5) is 21.1. The molecule has 0 aliphatic rings. The van der Waals surface area contributed by atoms with Gasteiger partial charge in [-0.25, -0.2) is 0 Å². The van der Waals surface area contributed by atoms with Crippen LogP contribution in [0.2, 0.25) is 0 Å². The van der Waals surface area contributed by atoms with Crippen molar-refractivity contribution in [1.29, 1.82) is 0 Å². The number of ketones is 2. The summed E-state index contributed by atoms with van der Waals surface area (Å²) in [6, 6.07) is 0. The largest absolute Gasteiger partial charge is 0.374 e. The van der Waals surface area contributed by atoms with E-state index in [1.54, 1.807) is 0 Å². The fraction of sp³-hybridized carbons (Fsp3) is 0.833. The lowest BCUT2D eigenvalue weighted by Gasteiger charge is -2.03. The monoisotopic (exact) mass is 230 g/mol. The summed E-state index contributed by atoms with van der Waals surface area (Å²) in [5.41, 5.74) is 0. The van der Waals surface area contributed by atoms with Crippen molar-refractivity contribution in [2.45, 2.75) is 39.5 Å². The lowest BCUT2D eigenvalue weighted by atomic mass is 10.2. The number of carbonyl (C=O) groups excluding carboxylic acids is 2. The van der Waals surface area contributed by atoms with E-state index in [2.05, 4.69) is 0 Å². The molecule has 0 aromatic heterocycles. The van der Waals surface area contributed by atoms with E-state index in [4.69, 9.17) is 9.47 Å². The molecule has 0 N–H and O–H groups in total. The number of hydrogen-bond donors (Lipinski definition) is 0. The van der Waals surface area contributed by atoms with E-state index in [-0.39, 0.29) is 24.8 Å². The van der Waals surface area contributed by atoms with Crippen molar-refractivity contribution in [2.75, 3.05) is 26.4 Å². The van der Waals surface area contributed by atoms with Gasteiger partial charge in [-0.15, -0.1) is 0 Å². The Morgan fingerprint density at radius 3 is 1.44 bits per heavy atom. The molecule has 0 aromatic carbocycles. The molecular formula is C12H22O4. The predicted octanol–water partition coefficient (Wildman–Crippen LogP) is 1.76. The standard InChI is InChI=1S/C12H22O4/c1-11(13)9-15-7-5-3-4-6-8-16-10-12(2)14/h3-10H2,1-2H3. The molecule has 0 saturated carbocycles. The summed E-state index contributed by atoms with van der Waals surface area (Å²) in [5, 5.41) is 0. The van der Waals surface area contributed by atoms with Gasteiger partial charge in [-0.05, 0) is 26.7 Å². The molecule has 0 bridgehead atoms. The molecule has 0 spiro atoms. The number of carbonyl (C=O) groups is 2. The van der Waals surface area contributed by atoms with Crippen LogP contribution in [0.1, 0.15) is 39.5 Å². The van der Waals surface area contributed by atoms with Crippen molar-refractivity contribution in [3.63, 3.8) is 0 Å². The third-order valence-corrected chi connectivity index (χ3v) is 1.94. The number of hydrogen-bond acceptors (Lipinski definition) is 4. The van der Waals surface area contributed by atoms with Crippen LogP contribution < -0.4 is 0 Å². The molecule has 94 valence electrons. The van der Waals surface area contributed by atoms with E-state index in [0.717, 1.165) is 25.7 Å². The lowest BCUT2D eigenvalue weighted by Crippen LogP contribution is -2.06. The van der Waals surface area contributed by atoms with Crippen LogP contribution in [0.25, 0.3) is 0 Å². The van der Waals surface area contributed by atoms with E-state index in [1.807, 2.05) is 0 Å². The lowest BCUT2D eigenvalue weighted by molar-refractivity contribution is -0.122. The van der Waals surface area contributed by atoms with Gasteiger partial charge in [0.2, 0.25) is 0 Å². The van der Waals surface area contributed by atoms with Crippen LogP contribution in [0.4, 0.5) is 0 Å². The van der Waals surface area contributed by atoms with E-state index in [1.165, 1.54) is 13.8 Å². The highest BCUT2D eigenvalue weighted by atomic mass is 16.5. The molecule has 0 unspecified atom stereocenters. The van der Waals surface area contributed by atoms with E-state index >= 15 is 0 Å². The van der Waals surface area contributed by atoms with Gasteiger partial charge < -0.3 is 9.47 Å². The van der Waals surface area contributed by atoms with E-state index in [9.17, 15) is 9.59 Å². The summed E-state index contributed by atoms with van der Waals surface area (Å²) >= 11 is 0. The Morgan fingerprint density at radius 2 is 1.12 bits per heavy atom. The van der Waals surface area contributed by atoms with Crippen LogP contribution >= 0.6 is 0 Å². The summed E-state index contributed by atoms with van der Waals surface area (Å²) in [7, 11) is 0. The molecule has 4 nitrogen and oxygen atoms in total. The Morgan fingerprint density at radius 1 is 0.750 bits per heavy atom. The minimum Gasteiger partial charge on any atom is -0.374 e. The normalized spacial score (nSPS) is 10.4. The third kappa shape index (κ3) is 13.3. The Balaban J connectivity index is 2.98. The second kappa shape index (κ2) is 10.8. The first-order valence-electron chi connectivity index (χ1n) is 5.77. The SMILES string of the molecule is CC(=O)COCCCCCCOCC(C)=O. The first-order chi connectivity index (χ1) is 7.63. The highest BCUT2D eigenvalue weighted by Gasteiger charge is 1.95. The second-order valence-electron chi connectivity index (χ2n) is 3.92. The highest BCUT2D eigenvalue weighted by molar-refractivity contribution is 5.76. The van der Waals surface area contributed by atoms with Gasteiger partial charge in [-0.1, -0.05) is 12.8 Å². The summed E-state index contributed by atoms with van der Waals surface area (Å²) in [5.74, 6) is 0.135. The summed E-state index contributed by atoms with van der Waals surface area (Å²) in [6.07, 6.45) is 4.09. The van der Waals surface area contributed by atoms with Crippen molar-refractivity contribution in [2.24, 2.45) is 0 Å². The first kappa shape index (κ1) is 15.3. The van der Waals surface area contributed by atoms with Crippen molar-refractivity contribution in [3.8, 4) is 0 Å². The minimum atomic E-state index is 0.0673. The zero-order valence-corrected chi connectivity index (χ0v) is 10.3. The number of rotatable bonds is 11. The smallest absolute Gasteiger partial charge is 0.155 e. The first-order valence-corrected chi connectivity index (χ1v) is 5.77. The Bertz CT molecular complexity index is 179. The molecule has 0 aliphatic heterocycles. The fourth-order valence-electron chi connectivity index (χ4n) is 1.19. The van der Waals surface area contributed by atoms with Crippen LogP contribution in [0.5, 0.6) is 0 Å². The molecule has 0 fully saturated rings. The molecule has 16 heavy (non-hydrogen) atoms. The van der Waals surface area contributed by atoms with Crippen LogP contribution in [-0.4, -0.2) is 38.0 Å². The molecule has 0 aromatic rings. The van der Waals surface area contributed by atoms with Crippen molar-refractivity contribution >= 4 is 11.6 Å².